The molecular weight excluding hydrogens is 332 g/mol. The van der Waals surface area contributed by atoms with E-state index in [1.54, 1.807) is 18.4 Å². The van der Waals surface area contributed by atoms with Crippen LogP contribution in [0.5, 0.6) is 0 Å². The summed E-state index contributed by atoms with van der Waals surface area (Å²) < 4.78 is 0. The van der Waals surface area contributed by atoms with Crippen LogP contribution in [-0.2, 0) is 13.1 Å². The van der Waals surface area contributed by atoms with Gasteiger partial charge in [-0.05, 0) is 43.2 Å². The fourth-order valence-corrected chi connectivity index (χ4v) is 3.15. The van der Waals surface area contributed by atoms with Crippen molar-refractivity contribution in [1.29, 1.82) is 0 Å². The van der Waals surface area contributed by atoms with Gasteiger partial charge >= 0.3 is 0 Å². The first kappa shape index (κ1) is 19.0. The average molecular weight is 359 g/mol. The molecule has 0 fully saturated rings. The van der Waals surface area contributed by atoms with Crippen LogP contribution >= 0.6 is 11.3 Å². The molecule has 0 atom stereocenters. The number of aliphatic imine (C=N–C) groups is 1. The van der Waals surface area contributed by atoms with Crippen molar-refractivity contribution in [2.24, 2.45) is 4.99 Å². The number of hydrogen-bond donors (Lipinski definition) is 3. The highest BCUT2D eigenvalue weighted by atomic mass is 32.1. The molecule has 0 saturated carbocycles. The van der Waals surface area contributed by atoms with Crippen LogP contribution in [0.2, 0.25) is 0 Å². The van der Waals surface area contributed by atoms with E-state index in [0.717, 1.165) is 24.5 Å². The molecule has 2 rings (SSSR count). The van der Waals surface area contributed by atoms with Crippen LogP contribution < -0.4 is 16.0 Å². The van der Waals surface area contributed by atoms with Gasteiger partial charge in [-0.2, -0.15) is 0 Å². The highest BCUT2D eigenvalue weighted by molar-refractivity contribution is 7.11. The third-order valence-corrected chi connectivity index (χ3v) is 4.64. The Labute approximate surface area is 153 Å². The molecule has 0 aliphatic heterocycles. The summed E-state index contributed by atoms with van der Waals surface area (Å²) in [6, 6.07) is 11.9. The lowest BCUT2D eigenvalue weighted by molar-refractivity contribution is 0.0953. The fourth-order valence-electron chi connectivity index (χ4n) is 2.32. The molecule has 0 bridgehead atoms. The molecule has 0 spiro atoms. The summed E-state index contributed by atoms with van der Waals surface area (Å²) in [5.41, 5.74) is 1.73. The van der Waals surface area contributed by atoms with Gasteiger partial charge in [-0.15, -0.1) is 11.3 Å². The molecule has 0 saturated heterocycles. The van der Waals surface area contributed by atoms with E-state index in [0.29, 0.717) is 18.7 Å². The molecule has 25 heavy (non-hydrogen) atoms. The Morgan fingerprint density at radius 1 is 1.12 bits per heavy atom. The van der Waals surface area contributed by atoms with Gasteiger partial charge in [0.05, 0.1) is 6.54 Å². The summed E-state index contributed by atoms with van der Waals surface area (Å²) in [5.74, 6) is 0.714. The summed E-state index contributed by atoms with van der Waals surface area (Å²) in [7, 11) is 1.75. The third kappa shape index (κ3) is 6.23. The minimum atomic E-state index is -0.0285. The number of nitrogens with zero attached hydrogens (tertiary/aromatic N) is 1. The molecule has 1 amide bonds. The SMILES string of the molecule is CCCNC(=O)c1cccc(CNC(=NC)NCc2ccc(C)s2)c1. The van der Waals surface area contributed by atoms with Crippen molar-refractivity contribution in [1.82, 2.24) is 16.0 Å². The molecule has 2 aromatic rings. The number of thiophene rings is 1. The molecule has 0 radical (unpaired) electrons. The van der Waals surface area contributed by atoms with Gasteiger partial charge in [-0.3, -0.25) is 9.79 Å². The van der Waals surface area contributed by atoms with Crippen LogP contribution in [0.3, 0.4) is 0 Å². The summed E-state index contributed by atoms with van der Waals surface area (Å²) in [6.07, 6.45) is 0.929. The predicted octanol–water partition coefficient (Wildman–Crippen LogP) is 3.06. The summed E-state index contributed by atoms with van der Waals surface area (Å²) in [6.45, 7) is 6.19. The van der Waals surface area contributed by atoms with Crippen LogP contribution in [0.15, 0.2) is 41.4 Å². The van der Waals surface area contributed by atoms with E-state index < -0.39 is 0 Å². The third-order valence-electron chi connectivity index (χ3n) is 3.63. The number of hydrogen-bond acceptors (Lipinski definition) is 3. The molecule has 0 aliphatic carbocycles. The van der Waals surface area contributed by atoms with Gasteiger partial charge < -0.3 is 16.0 Å². The standard InChI is InChI=1S/C19H26N4OS/c1-4-10-21-18(24)16-7-5-6-15(11-16)12-22-19(20-3)23-13-17-9-8-14(2)25-17/h5-9,11H,4,10,12-13H2,1-3H3,(H,21,24)(H2,20,22,23). The zero-order valence-corrected chi connectivity index (χ0v) is 15.9. The van der Waals surface area contributed by atoms with Crippen molar-refractivity contribution < 1.29 is 4.79 Å². The molecule has 0 aliphatic rings. The molecule has 1 aromatic heterocycles. The zero-order valence-electron chi connectivity index (χ0n) is 15.1. The van der Waals surface area contributed by atoms with E-state index in [-0.39, 0.29) is 5.91 Å². The Balaban J connectivity index is 1.87. The Hall–Kier alpha value is -2.34. The van der Waals surface area contributed by atoms with E-state index in [9.17, 15) is 4.79 Å². The Kier molecular flexibility index (Phi) is 7.47. The maximum Gasteiger partial charge on any atom is 0.251 e. The topological polar surface area (TPSA) is 65.5 Å². The summed E-state index contributed by atoms with van der Waals surface area (Å²) in [5, 5.41) is 9.49. The summed E-state index contributed by atoms with van der Waals surface area (Å²) in [4.78, 5) is 18.9. The van der Waals surface area contributed by atoms with Crippen molar-refractivity contribution >= 4 is 23.2 Å². The van der Waals surface area contributed by atoms with E-state index in [2.05, 4.69) is 40.0 Å². The van der Waals surface area contributed by atoms with Gasteiger partial charge in [-0.1, -0.05) is 19.1 Å². The fraction of sp³-hybridized carbons (Fsp3) is 0.368. The maximum absolute atomic E-state index is 12.0. The van der Waals surface area contributed by atoms with Gasteiger partial charge in [0, 0.05) is 35.5 Å². The highest BCUT2D eigenvalue weighted by Crippen LogP contribution is 2.14. The van der Waals surface area contributed by atoms with Gasteiger partial charge in [0.2, 0.25) is 0 Å². The first-order chi connectivity index (χ1) is 12.1. The predicted molar refractivity (Wildman–Crippen MR) is 105 cm³/mol. The number of aryl methyl sites for hydroxylation is 1. The average Bonchev–Trinajstić information content (AvgIpc) is 3.05. The lowest BCUT2D eigenvalue weighted by atomic mass is 10.1. The smallest absolute Gasteiger partial charge is 0.251 e. The Bertz CT molecular complexity index is 724. The Morgan fingerprint density at radius 3 is 2.60 bits per heavy atom. The first-order valence-corrected chi connectivity index (χ1v) is 9.31. The second kappa shape index (κ2) is 9.84. The largest absolute Gasteiger partial charge is 0.352 e. The van der Waals surface area contributed by atoms with Crippen molar-refractivity contribution in [3.8, 4) is 0 Å². The molecule has 6 heteroatoms. The monoisotopic (exact) mass is 358 g/mol. The quantitative estimate of drug-likeness (QED) is 0.526. The number of guanidine groups is 1. The van der Waals surface area contributed by atoms with Crippen LogP contribution in [0.4, 0.5) is 0 Å². The molecule has 1 heterocycles. The van der Waals surface area contributed by atoms with Crippen LogP contribution in [-0.4, -0.2) is 25.5 Å². The lowest BCUT2D eigenvalue weighted by Crippen LogP contribution is -2.36. The maximum atomic E-state index is 12.0. The number of benzene rings is 1. The van der Waals surface area contributed by atoms with Crippen LogP contribution in [0.25, 0.3) is 0 Å². The van der Waals surface area contributed by atoms with Crippen molar-refractivity contribution in [2.75, 3.05) is 13.6 Å². The Morgan fingerprint density at radius 2 is 1.92 bits per heavy atom. The molecule has 5 nitrogen and oxygen atoms in total. The van der Waals surface area contributed by atoms with Gasteiger partial charge in [0.15, 0.2) is 5.96 Å². The number of carbonyl (C=O) groups excluding carboxylic acids is 1. The van der Waals surface area contributed by atoms with E-state index in [1.807, 2.05) is 31.2 Å². The minimum absolute atomic E-state index is 0.0285. The molecule has 0 unspecified atom stereocenters. The zero-order chi connectivity index (χ0) is 18.1. The first-order valence-electron chi connectivity index (χ1n) is 8.49. The number of amides is 1. The second-order valence-corrected chi connectivity index (χ2v) is 7.12. The van der Waals surface area contributed by atoms with E-state index >= 15 is 0 Å². The van der Waals surface area contributed by atoms with Gasteiger partial charge in [0.1, 0.15) is 0 Å². The van der Waals surface area contributed by atoms with E-state index in [4.69, 9.17) is 0 Å². The molecule has 3 N–H and O–H groups in total. The number of carbonyl (C=O) groups is 1. The minimum Gasteiger partial charge on any atom is -0.352 e. The second-order valence-electron chi connectivity index (χ2n) is 5.75. The van der Waals surface area contributed by atoms with Crippen molar-refractivity contribution in [2.45, 2.75) is 33.4 Å². The van der Waals surface area contributed by atoms with Crippen LogP contribution in [0, 0.1) is 6.92 Å². The summed E-state index contributed by atoms with van der Waals surface area (Å²) >= 11 is 1.78. The van der Waals surface area contributed by atoms with Crippen molar-refractivity contribution in [3.05, 3.63) is 57.3 Å². The molecule has 1 aromatic carbocycles. The number of nitrogens with one attached hydrogen (secondary N) is 3. The van der Waals surface area contributed by atoms with Gasteiger partial charge in [0.25, 0.3) is 5.91 Å². The van der Waals surface area contributed by atoms with E-state index in [1.165, 1.54) is 9.75 Å². The molecular formula is C19H26N4OS. The molecule has 134 valence electrons. The van der Waals surface area contributed by atoms with Gasteiger partial charge in [-0.25, -0.2) is 0 Å². The normalized spacial score (nSPS) is 11.2. The number of rotatable bonds is 7. The van der Waals surface area contributed by atoms with Crippen LogP contribution in [0.1, 0.15) is 39.0 Å². The lowest BCUT2D eigenvalue weighted by Gasteiger charge is -2.12. The van der Waals surface area contributed by atoms with Crippen molar-refractivity contribution in [3.63, 3.8) is 0 Å². The highest BCUT2D eigenvalue weighted by Gasteiger charge is 2.06.